The molecule has 0 radical (unpaired) electrons. The number of carbonyl (C=O) groups excluding carboxylic acids is 1. The van der Waals surface area contributed by atoms with Gasteiger partial charge in [0.25, 0.3) is 0 Å². The van der Waals surface area contributed by atoms with Gasteiger partial charge in [-0.05, 0) is 32.1 Å². The quantitative estimate of drug-likeness (QED) is 0.841. The fourth-order valence-corrected chi connectivity index (χ4v) is 3.99. The van der Waals surface area contributed by atoms with Crippen LogP contribution in [0.1, 0.15) is 44.9 Å². The molecule has 5 heteroatoms. The predicted molar refractivity (Wildman–Crippen MR) is 80.0 cm³/mol. The number of aliphatic hydroxyl groups excluding tert-OH is 1. The Hall–Kier alpha value is -0.650. The van der Waals surface area contributed by atoms with Gasteiger partial charge < -0.3 is 14.7 Å². The topological polar surface area (TPSA) is 53.0 Å². The van der Waals surface area contributed by atoms with Gasteiger partial charge in [-0.2, -0.15) is 0 Å². The summed E-state index contributed by atoms with van der Waals surface area (Å²) in [4.78, 5) is 16.5. The molecule has 3 rings (SSSR count). The number of aliphatic hydroxyl groups is 1. The lowest BCUT2D eigenvalue weighted by atomic mass is 10.1. The smallest absolute Gasteiger partial charge is 0.248 e. The zero-order valence-corrected chi connectivity index (χ0v) is 12.9. The summed E-state index contributed by atoms with van der Waals surface area (Å²) < 4.78 is 5.72. The summed E-state index contributed by atoms with van der Waals surface area (Å²) in [6, 6.07) is 0.317. The number of piperazine rings is 1. The SMILES string of the molecule is O=C(COC1CCCC1)N1CCN([C@@H]2CCC[C@@H]2O)CC1. The summed E-state index contributed by atoms with van der Waals surface area (Å²) in [5.41, 5.74) is 0. The molecule has 3 aliphatic rings. The van der Waals surface area contributed by atoms with Crippen LogP contribution in [0.15, 0.2) is 0 Å². The summed E-state index contributed by atoms with van der Waals surface area (Å²) in [7, 11) is 0. The van der Waals surface area contributed by atoms with Crippen molar-refractivity contribution >= 4 is 5.91 Å². The maximum absolute atomic E-state index is 12.2. The van der Waals surface area contributed by atoms with Crippen LogP contribution in [0.4, 0.5) is 0 Å². The van der Waals surface area contributed by atoms with Crippen molar-refractivity contribution in [1.29, 1.82) is 0 Å². The molecule has 3 fully saturated rings. The molecule has 1 saturated heterocycles. The molecule has 0 bridgehead atoms. The van der Waals surface area contributed by atoms with Crippen molar-refractivity contribution in [3.05, 3.63) is 0 Å². The second kappa shape index (κ2) is 7.07. The van der Waals surface area contributed by atoms with Crippen molar-refractivity contribution < 1.29 is 14.6 Å². The molecule has 0 unspecified atom stereocenters. The Labute approximate surface area is 127 Å². The van der Waals surface area contributed by atoms with E-state index in [2.05, 4.69) is 4.90 Å². The van der Waals surface area contributed by atoms with Gasteiger partial charge in [0.1, 0.15) is 6.61 Å². The fourth-order valence-electron chi connectivity index (χ4n) is 3.99. The molecular weight excluding hydrogens is 268 g/mol. The van der Waals surface area contributed by atoms with Crippen molar-refractivity contribution in [1.82, 2.24) is 9.80 Å². The van der Waals surface area contributed by atoms with Gasteiger partial charge in [-0.25, -0.2) is 0 Å². The Morgan fingerprint density at radius 3 is 2.33 bits per heavy atom. The minimum atomic E-state index is -0.169. The van der Waals surface area contributed by atoms with Gasteiger partial charge in [-0.3, -0.25) is 9.69 Å². The Morgan fingerprint density at radius 1 is 1.00 bits per heavy atom. The van der Waals surface area contributed by atoms with Crippen LogP contribution in [-0.4, -0.2) is 71.8 Å². The molecule has 1 amide bonds. The molecule has 5 nitrogen and oxygen atoms in total. The van der Waals surface area contributed by atoms with Gasteiger partial charge in [-0.1, -0.05) is 12.8 Å². The van der Waals surface area contributed by atoms with E-state index in [0.29, 0.717) is 12.1 Å². The Morgan fingerprint density at radius 2 is 1.71 bits per heavy atom. The van der Waals surface area contributed by atoms with Crippen LogP contribution < -0.4 is 0 Å². The van der Waals surface area contributed by atoms with Crippen molar-refractivity contribution in [3.63, 3.8) is 0 Å². The highest BCUT2D eigenvalue weighted by Crippen LogP contribution is 2.25. The molecule has 1 aliphatic heterocycles. The molecule has 1 heterocycles. The first-order valence-corrected chi connectivity index (χ1v) is 8.55. The van der Waals surface area contributed by atoms with Crippen LogP contribution >= 0.6 is 0 Å². The van der Waals surface area contributed by atoms with Gasteiger partial charge in [0.15, 0.2) is 0 Å². The second-order valence-electron chi connectivity index (χ2n) is 6.70. The summed E-state index contributed by atoms with van der Waals surface area (Å²) in [6.07, 6.45) is 7.99. The first kappa shape index (κ1) is 15.3. The van der Waals surface area contributed by atoms with Crippen molar-refractivity contribution in [2.45, 2.75) is 63.2 Å². The Balaban J connectivity index is 1.39. The van der Waals surface area contributed by atoms with Crippen LogP contribution in [0.25, 0.3) is 0 Å². The number of hydrogen-bond donors (Lipinski definition) is 1. The number of carbonyl (C=O) groups is 1. The largest absolute Gasteiger partial charge is 0.391 e. The van der Waals surface area contributed by atoms with E-state index >= 15 is 0 Å². The maximum atomic E-state index is 12.2. The average molecular weight is 296 g/mol. The van der Waals surface area contributed by atoms with Gasteiger partial charge in [-0.15, -0.1) is 0 Å². The van der Waals surface area contributed by atoms with Gasteiger partial charge in [0.2, 0.25) is 5.91 Å². The number of amides is 1. The van der Waals surface area contributed by atoms with Crippen molar-refractivity contribution in [3.8, 4) is 0 Å². The van der Waals surface area contributed by atoms with E-state index in [9.17, 15) is 9.90 Å². The number of hydrogen-bond acceptors (Lipinski definition) is 4. The third kappa shape index (κ3) is 3.76. The number of nitrogens with zero attached hydrogens (tertiary/aromatic N) is 2. The molecule has 2 saturated carbocycles. The molecule has 120 valence electrons. The summed E-state index contributed by atoms with van der Waals surface area (Å²) in [6.45, 7) is 3.57. The second-order valence-corrected chi connectivity index (χ2v) is 6.70. The first-order valence-electron chi connectivity index (χ1n) is 8.55. The normalized spacial score (nSPS) is 32.0. The van der Waals surface area contributed by atoms with E-state index < -0.39 is 0 Å². The molecule has 2 aliphatic carbocycles. The van der Waals surface area contributed by atoms with Gasteiger partial charge >= 0.3 is 0 Å². The maximum Gasteiger partial charge on any atom is 0.248 e. The highest BCUT2D eigenvalue weighted by atomic mass is 16.5. The molecular formula is C16H28N2O3. The molecule has 21 heavy (non-hydrogen) atoms. The first-order chi connectivity index (χ1) is 10.2. The monoisotopic (exact) mass is 296 g/mol. The zero-order chi connectivity index (χ0) is 14.7. The van der Waals surface area contributed by atoms with E-state index in [0.717, 1.165) is 58.3 Å². The standard InChI is InChI=1S/C16H28N2O3/c19-15-7-3-6-14(15)17-8-10-18(11-9-17)16(20)12-21-13-4-1-2-5-13/h13-15,19H,1-12H2/t14-,15+/m1/s1. The molecule has 0 aromatic rings. The van der Waals surface area contributed by atoms with Crippen LogP contribution in [0.2, 0.25) is 0 Å². The molecule has 0 spiro atoms. The zero-order valence-electron chi connectivity index (χ0n) is 12.9. The Kier molecular flexibility index (Phi) is 5.14. The van der Waals surface area contributed by atoms with E-state index in [-0.39, 0.29) is 18.6 Å². The van der Waals surface area contributed by atoms with Crippen LogP contribution in [0.3, 0.4) is 0 Å². The van der Waals surface area contributed by atoms with Crippen molar-refractivity contribution in [2.75, 3.05) is 32.8 Å². The van der Waals surface area contributed by atoms with Gasteiger partial charge in [0, 0.05) is 32.2 Å². The molecule has 0 aromatic carbocycles. The lowest BCUT2D eigenvalue weighted by Gasteiger charge is -2.39. The predicted octanol–water partition coefficient (Wildman–Crippen LogP) is 1.00. The summed E-state index contributed by atoms with van der Waals surface area (Å²) >= 11 is 0. The summed E-state index contributed by atoms with van der Waals surface area (Å²) in [5, 5.41) is 9.98. The molecule has 0 aromatic heterocycles. The highest BCUT2D eigenvalue weighted by molar-refractivity contribution is 5.77. The third-order valence-corrected chi connectivity index (χ3v) is 5.32. The van der Waals surface area contributed by atoms with Gasteiger partial charge in [0.05, 0.1) is 12.2 Å². The average Bonchev–Trinajstić information content (AvgIpc) is 3.16. The van der Waals surface area contributed by atoms with E-state index in [4.69, 9.17) is 4.74 Å². The molecule has 1 N–H and O–H groups in total. The van der Waals surface area contributed by atoms with E-state index in [1.807, 2.05) is 4.90 Å². The van der Waals surface area contributed by atoms with Crippen LogP contribution in [0.5, 0.6) is 0 Å². The Bertz CT molecular complexity index is 349. The number of ether oxygens (including phenoxy) is 1. The van der Waals surface area contributed by atoms with Crippen LogP contribution in [0, 0.1) is 0 Å². The van der Waals surface area contributed by atoms with E-state index in [1.54, 1.807) is 0 Å². The third-order valence-electron chi connectivity index (χ3n) is 5.32. The van der Waals surface area contributed by atoms with E-state index in [1.165, 1.54) is 12.8 Å². The van der Waals surface area contributed by atoms with Crippen molar-refractivity contribution in [2.24, 2.45) is 0 Å². The lowest BCUT2D eigenvalue weighted by molar-refractivity contribution is -0.140. The lowest BCUT2D eigenvalue weighted by Crippen LogP contribution is -2.54. The fraction of sp³-hybridized carbons (Fsp3) is 0.938. The van der Waals surface area contributed by atoms with Crippen LogP contribution in [-0.2, 0) is 9.53 Å². The number of rotatable bonds is 4. The minimum absolute atomic E-state index is 0.133. The highest BCUT2D eigenvalue weighted by Gasteiger charge is 2.33. The minimum Gasteiger partial charge on any atom is -0.391 e. The molecule has 2 atom stereocenters. The summed E-state index contributed by atoms with van der Waals surface area (Å²) in [5.74, 6) is 0.133.